The van der Waals surface area contributed by atoms with E-state index in [1.54, 1.807) is 0 Å². The molecule has 0 spiro atoms. The lowest BCUT2D eigenvalue weighted by molar-refractivity contribution is 0.102. The quantitative estimate of drug-likeness (QED) is 0.796. The zero-order chi connectivity index (χ0) is 14.0. The molecule has 0 saturated heterocycles. The van der Waals surface area contributed by atoms with Crippen LogP contribution in [0.25, 0.3) is 0 Å². The number of ether oxygens (including phenoxy) is 1. The molecule has 0 atom stereocenters. The van der Waals surface area contributed by atoms with Gasteiger partial charge in [0.25, 0.3) is 0 Å². The molecule has 0 amide bonds. The fourth-order valence-electron chi connectivity index (χ4n) is 1.66. The summed E-state index contributed by atoms with van der Waals surface area (Å²) in [7, 11) is 1.34. The van der Waals surface area contributed by atoms with Gasteiger partial charge in [0.1, 0.15) is 23.2 Å². The molecule has 0 N–H and O–H groups in total. The largest absolute Gasteiger partial charge is 0.497 e. The fraction of sp³-hybridized carbons (Fsp3) is 0.0714. The number of hydrogen-bond donors (Lipinski definition) is 0. The van der Waals surface area contributed by atoms with Crippen LogP contribution in [0.1, 0.15) is 15.9 Å². The summed E-state index contributed by atoms with van der Waals surface area (Å²) < 4.78 is 45.4. The van der Waals surface area contributed by atoms with Gasteiger partial charge in [0.15, 0.2) is 0 Å². The zero-order valence-corrected chi connectivity index (χ0v) is 9.91. The molecule has 0 saturated carbocycles. The van der Waals surface area contributed by atoms with E-state index in [0.717, 1.165) is 30.3 Å². The Morgan fingerprint density at radius 2 is 1.63 bits per heavy atom. The van der Waals surface area contributed by atoms with Gasteiger partial charge in [-0.05, 0) is 24.3 Å². The Balaban J connectivity index is 2.51. The highest BCUT2D eigenvalue weighted by Gasteiger charge is 2.21. The van der Waals surface area contributed by atoms with Crippen molar-refractivity contribution in [2.24, 2.45) is 0 Å². The highest BCUT2D eigenvalue weighted by Crippen LogP contribution is 2.22. The van der Waals surface area contributed by atoms with Crippen LogP contribution in [0.4, 0.5) is 13.2 Å². The van der Waals surface area contributed by atoms with E-state index in [-0.39, 0.29) is 5.75 Å². The van der Waals surface area contributed by atoms with E-state index in [1.807, 2.05) is 0 Å². The molecule has 2 rings (SSSR count). The molecular formula is C14H9F3O2. The van der Waals surface area contributed by atoms with Crippen molar-refractivity contribution in [1.29, 1.82) is 0 Å². The molecule has 0 aromatic heterocycles. The normalized spacial score (nSPS) is 10.3. The number of rotatable bonds is 3. The van der Waals surface area contributed by atoms with Crippen molar-refractivity contribution in [3.63, 3.8) is 0 Å². The molecular weight excluding hydrogens is 257 g/mol. The van der Waals surface area contributed by atoms with Crippen LogP contribution < -0.4 is 4.74 Å². The van der Waals surface area contributed by atoms with Gasteiger partial charge >= 0.3 is 0 Å². The molecule has 98 valence electrons. The number of halogens is 3. The molecule has 0 aliphatic heterocycles. The highest BCUT2D eigenvalue weighted by atomic mass is 19.1. The number of methoxy groups -OCH3 is 1. The number of carbonyl (C=O) groups excluding carboxylic acids is 1. The minimum atomic E-state index is -1.05. The number of carbonyl (C=O) groups is 1. The summed E-state index contributed by atoms with van der Waals surface area (Å²) in [6, 6.07) is 6.46. The monoisotopic (exact) mass is 266 g/mol. The maximum absolute atomic E-state index is 13.7. The summed E-state index contributed by atoms with van der Waals surface area (Å²) in [4.78, 5) is 11.9. The smallest absolute Gasteiger partial charge is 0.201 e. The molecule has 0 unspecified atom stereocenters. The van der Waals surface area contributed by atoms with Gasteiger partial charge in [-0.15, -0.1) is 0 Å². The molecule has 0 aliphatic rings. The first-order valence-corrected chi connectivity index (χ1v) is 5.37. The molecule has 5 heteroatoms. The van der Waals surface area contributed by atoms with Gasteiger partial charge in [-0.1, -0.05) is 6.07 Å². The van der Waals surface area contributed by atoms with Crippen molar-refractivity contribution in [3.8, 4) is 5.75 Å². The fourth-order valence-corrected chi connectivity index (χ4v) is 1.66. The van der Waals surface area contributed by atoms with Crippen LogP contribution in [0.3, 0.4) is 0 Å². The number of benzene rings is 2. The first-order chi connectivity index (χ1) is 9.04. The summed E-state index contributed by atoms with van der Waals surface area (Å²) in [5, 5.41) is 0. The Kier molecular flexibility index (Phi) is 3.55. The Morgan fingerprint density at radius 1 is 1.00 bits per heavy atom. The third-order valence-electron chi connectivity index (χ3n) is 2.61. The van der Waals surface area contributed by atoms with Gasteiger partial charge in [-0.3, -0.25) is 4.79 Å². The molecule has 0 fully saturated rings. The minimum Gasteiger partial charge on any atom is -0.497 e. The Labute approximate surface area is 107 Å². The van der Waals surface area contributed by atoms with Crippen LogP contribution >= 0.6 is 0 Å². The molecule has 2 aromatic rings. The Bertz CT molecular complexity index is 618. The number of hydrogen-bond acceptors (Lipinski definition) is 2. The van der Waals surface area contributed by atoms with Crippen molar-refractivity contribution in [2.45, 2.75) is 0 Å². The van der Waals surface area contributed by atoms with Gasteiger partial charge in [0, 0.05) is 6.07 Å². The van der Waals surface area contributed by atoms with E-state index in [2.05, 4.69) is 0 Å². The van der Waals surface area contributed by atoms with Crippen molar-refractivity contribution in [3.05, 3.63) is 65.0 Å². The van der Waals surface area contributed by atoms with Gasteiger partial charge in [0.05, 0.1) is 18.2 Å². The van der Waals surface area contributed by atoms with Crippen molar-refractivity contribution >= 4 is 5.78 Å². The van der Waals surface area contributed by atoms with Crippen molar-refractivity contribution in [1.82, 2.24) is 0 Å². The third-order valence-corrected chi connectivity index (χ3v) is 2.61. The lowest BCUT2D eigenvalue weighted by Crippen LogP contribution is -2.09. The van der Waals surface area contributed by atoms with Crippen LogP contribution in [0.15, 0.2) is 36.4 Å². The van der Waals surface area contributed by atoms with Crippen molar-refractivity contribution in [2.75, 3.05) is 7.11 Å². The molecule has 19 heavy (non-hydrogen) atoms. The molecule has 0 heterocycles. The molecule has 2 nitrogen and oxygen atoms in total. The van der Waals surface area contributed by atoms with Crippen molar-refractivity contribution < 1.29 is 22.7 Å². The van der Waals surface area contributed by atoms with E-state index < -0.39 is 34.4 Å². The van der Waals surface area contributed by atoms with E-state index in [1.165, 1.54) is 13.2 Å². The van der Waals surface area contributed by atoms with Crippen LogP contribution in [-0.4, -0.2) is 12.9 Å². The second-order valence-corrected chi connectivity index (χ2v) is 3.77. The third kappa shape index (κ3) is 2.45. The lowest BCUT2D eigenvalue weighted by Gasteiger charge is -2.06. The predicted molar refractivity (Wildman–Crippen MR) is 62.7 cm³/mol. The lowest BCUT2D eigenvalue weighted by atomic mass is 10.0. The first kappa shape index (κ1) is 13.1. The molecule has 0 radical (unpaired) electrons. The summed E-state index contributed by atoms with van der Waals surface area (Å²) in [6.45, 7) is 0. The van der Waals surface area contributed by atoms with E-state index >= 15 is 0 Å². The summed E-state index contributed by atoms with van der Waals surface area (Å²) in [5.41, 5.74) is -1.18. The number of ketones is 1. The standard InChI is InChI=1S/C14H9F3O2/c1-19-8-5-6-9(12(17)7-8)14(18)13-10(15)3-2-4-11(13)16/h2-7H,1H3. The topological polar surface area (TPSA) is 26.3 Å². The van der Waals surface area contributed by atoms with E-state index in [0.29, 0.717) is 0 Å². The molecule has 0 bridgehead atoms. The second-order valence-electron chi connectivity index (χ2n) is 3.77. The van der Waals surface area contributed by atoms with Gasteiger partial charge in [-0.2, -0.15) is 0 Å². The Morgan fingerprint density at radius 3 is 2.16 bits per heavy atom. The van der Waals surface area contributed by atoms with E-state index in [4.69, 9.17) is 4.74 Å². The Hall–Kier alpha value is -2.30. The van der Waals surface area contributed by atoms with Gasteiger partial charge < -0.3 is 4.74 Å². The predicted octanol–water partition coefficient (Wildman–Crippen LogP) is 3.34. The van der Waals surface area contributed by atoms with Crippen LogP contribution in [-0.2, 0) is 0 Å². The average Bonchev–Trinajstić information content (AvgIpc) is 2.38. The molecule has 0 aliphatic carbocycles. The SMILES string of the molecule is COc1ccc(C(=O)c2c(F)cccc2F)c(F)c1. The molecule has 2 aromatic carbocycles. The van der Waals surface area contributed by atoms with Crippen LogP contribution in [0, 0.1) is 17.5 Å². The highest BCUT2D eigenvalue weighted by molar-refractivity contribution is 6.09. The summed E-state index contributed by atoms with van der Waals surface area (Å²) in [5.74, 6) is -3.79. The summed E-state index contributed by atoms with van der Waals surface area (Å²) in [6.07, 6.45) is 0. The average molecular weight is 266 g/mol. The van der Waals surface area contributed by atoms with Gasteiger partial charge in [-0.25, -0.2) is 13.2 Å². The van der Waals surface area contributed by atoms with E-state index in [9.17, 15) is 18.0 Å². The van der Waals surface area contributed by atoms with Crippen LogP contribution in [0.2, 0.25) is 0 Å². The van der Waals surface area contributed by atoms with Crippen LogP contribution in [0.5, 0.6) is 5.75 Å². The zero-order valence-electron chi connectivity index (χ0n) is 9.91. The maximum Gasteiger partial charge on any atom is 0.201 e. The maximum atomic E-state index is 13.7. The summed E-state index contributed by atoms with van der Waals surface area (Å²) >= 11 is 0. The minimum absolute atomic E-state index is 0.211. The second kappa shape index (κ2) is 5.14. The van der Waals surface area contributed by atoms with Gasteiger partial charge in [0.2, 0.25) is 5.78 Å². The first-order valence-electron chi connectivity index (χ1n) is 5.37.